The maximum absolute atomic E-state index is 12.6. The van der Waals surface area contributed by atoms with E-state index < -0.39 is 0 Å². The van der Waals surface area contributed by atoms with Crippen LogP contribution in [0.25, 0.3) is 10.9 Å². The SMILES string of the molecule is Cc1c(C(=O)N2CCCC2)c2ccccc2n1C. The van der Waals surface area contributed by atoms with Crippen molar-refractivity contribution in [1.82, 2.24) is 9.47 Å². The number of carbonyl (C=O) groups is 1. The Labute approximate surface area is 107 Å². The summed E-state index contributed by atoms with van der Waals surface area (Å²) in [5.74, 6) is 0.196. The molecule has 1 aromatic carbocycles. The predicted octanol–water partition coefficient (Wildman–Crippen LogP) is 2.72. The van der Waals surface area contributed by atoms with E-state index >= 15 is 0 Å². The summed E-state index contributed by atoms with van der Waals surface area (Å²) < 4.78 is 2.11. The van der Waals surface area contributed by atoms with E-state index in [4.69, 9.17) is 0 Å². The number of para-hydroxylation sites is 1. The Balaban J connectivity index is 2.16. The maximum Gasteiger partial charge on any atom is 0.256 e. The van der Waals surface area contributed by atoms with Crippen molar-refractivity contribution in [2.45, 2.75) is 19.8 Å². The average molecular weight is 242 g/mol. The van der Waals surface area contributed by atoms with Gasteiger partial charge in [0.05, 0.1) is 5.56 Å². The molecule has 1 amide bonds. The Bertz CT molecular complexity index is 606. The van der Waals surface area contributed by atoms with Crippen LogP contribution in [0.15, 0.2) is 24.3 Å². The fourth-order valence-corrected chi connectivity index (χ4v) is 2.87. The molecule has 0 unspecified atom stereocenters. The zero-order valence-corrected chi connectivity index (χ0v) is 10.9. The third kappa shape index (κ3) is 1.54. The highest BCUT2D eigenvalue weighted by molar-refractivity contribution is 6.08. The fourth-order valence-electron chi connectivity index (χ4n) is 2.87. The highest BCUT2D eigenvalue weighted by atomic mass is 16.2. The highest BCUT2D eigenvalue weighted by Gasteiger charge is 2.24. The summed E-state index contributed by atoms with van der Waals surface area (Å²) >= 11 is 0. The molecule has 1 fully saturated rings. The third-order valence-electron chi connectivity index (χ3n) is 4.01. The molecule has 94 valence electrons. The van der Waals surface area contributed by atoms with Gasteiger partial charge in [0, 0.05) is 36.7 Å². The number of hydrogen-bond donors (Lipinski definition) is 0. The molecule has 3 heteroatoms. The van der Waals surface area contributed by atoms with Crippen LogP contribution >= 0.6 is 0 Å². The van der Waals surface area contributed by atoms with Crippen LogP contribution in [0.3, 0.4) is 0 Å². The topological polar surface area (TPSA) is 25.2 Å². The van der Waals surface area contributed by atoms with Gasteiger partial charge in [-0.05, 0) is 25.8 Å². The molecular weight excluding hydrogens is 224 g/mol. The van der Waals surface area contributed by atoms with Gasteiger partial charge in [0.25, 0.3) is 5.91 Å². The first-order chi connectivity index (χ1) is 8.70. The van der Waals surface area contributed by atoms with Gasteiger partial charge in [0.1, 0.15) is 0 Å². The van der Waals surface area contributed by atoms with Crippen molar-refractivity contribution in [2.75, 3.05) is 13.1 Å². The van der Waals surface area contributed by atoms with Crippen molar-refractivity contribution >= 4 is 16.8 Å². The summed E-state index contributed by atoms with van der Waals surface area (Å²) in [5, 5.41) is 1.08. The lowest BCUT2D eigenvalue weighted by Crippen LogP contribution is -2.28. The summed E-state index contributed by atoms with van der Waals surface area (Å²) in [7, 11) is 2.03. The Hall–Kier alpha value is -1.77. The van der Waals surface area contributed by atoms with E-state index in [2.05, 4.69) is 10.6 Å². The summed E-state index contributed by atoms with van der Waals surface area (Å²) in [5.41, 5.74) is 3.08. The highest BCUT2D eigenvalue weighted by Crippen LogP contribution is 2.27. The molecule has 1 aromatic heterocycles. The van der Waals surface area contributed by atoms with Gasteiger partial charge < -0.3 is 9.47 Å². The second-order valence-electron chi connectivity index (χ2n) is 5.04. The third-order valence-corrected chi connectivity index (χ3v) is 4.01. The Kier molecular flexibility index (Phi) is 2.62. The lowest BCUT2D eigenvalue weighted by molar-refractivity contribution is 0.0794. The van der Waals surface area contributed by atoms with Crippen LogP contribution in [0.1, 0.15) is 28.9 Å². The molecular formula is C15H18N2O. The number of rotatable bonds is 1. The zero-order chi connectivity index (χ0) is 12.7. The van der Waals surface area contributed by atoms with Crippen LogP contribution in [0.2, 0.25) is 0 Å². The van der Waals surface area contributed by atoms with Crippen LogP contribution in [0, 0.1) is 6.92 Å². The number of aromatic nitrogens is 1. The van der Waals surface area contributed by atoms with Crippen LogP contribution in [-0.4, -0.2) is 28.5 Å². The largest absolute Gasteiger partial charge is 0.347 e. The quantitative estimate of drug-likeness (QED) is 0.755. The lowest BCUT2D eigenvalue weighted by Gasteiger charge is -2.15. The molecule has 1 saturated heterocycles. The van der Waals surface area contributed by atoms with Gasteiger partial charge in [0.2, 0.25) is 0 Å². The predicted molar refractivity (Wildman–Crippen MR) is 72.8 cm³/mol. The number of carbonyl (C=O) groups excluding carboxylic acids is 1. The summed E-state index contributed by atoms with van der Waals surface area (Å²) in [6, 6.07) is 8.14. The van der Waals surface area contributed by atoms with Gasteiger partial charge >= 0.3 is 0 Å². The Morgan fingerprint density at radius 3 is 2.56 bits per heavy atom. The van der Waals surface area contributed by atoms with Gasteiger partial charge in [-0.2, -0.15) is 0 Å². The van der Waals surface area contributed by atoms with Crippen molar-refractivity contribution in [3.05, 3.63) is 35.5 Å². The van der Waals surface area contributed by atoms with Crippen molar-refractivity contribution in [2.24, 2.45) is 7.05 Å². The number of amides is 1. The molecule has 0 spiro atoms. The maximum atomic E-state index is 12.6. The van der Waals surface area contributed by atoms with Gasteiger partial charge in [-0.25, -0.2) is 0 Å². The number of likely N-dealkylation sites (tertiary alicyclic amines) is 1. The van der Waals surface area contributed by atoms with Crippen LogP contribution in [0.5, 0.6) is 0 Å². The number of fused-ring (bicyclic) bond motifs is 1. The number of benzene rings is 1. The second kappa shape index (κ2) is 4.16. The van der Waals surface area contributed by atoms with Crippen molar-refractivity contribution in [1.29, 1.82) is 0 Å². The summed E-state index contributed by atoms with van der Waals surface area (Å²) in [4.78, 5) is 14.6. The summed E-state index contributed by atoms with van der Waals surface area (Å²) in [6.45, 7) is 3.84. The zero-order valence-electron chi connectivity index (χ0n) is 10.9. The van der Waals surface area contributed by atoms with Gasteiger partial charge in [-0.1, -0.05) is 18.2 Å². The Morgan fingerprint density at radius 1 is 1.17 bits per heavy atom. The molecule has 2 heterocycles. The van der Waals surface area contributed by atoms with E-state index in [0.717, 1.165) is 48.1 Å². The first-order valence-corrected chi connectivity index (χ1v) is 6.53. The molecule has 0 bridgehead atoms. The van der Waals surface area contributed by atoms with Crippen molar-refractivity contribution < 1.29 is 4.79 Å². The molecule has 2 aromatic rings. The minimum absolute atomic E-state index is 0.196. The van der Waals surface area contributed by atoms with Crippen LogP contribution < -0.4 is 0 Å². The molecule has 3 nitrogen and oxygen atoms in total. The molecule has 1 aliphatic heterocycles. The van der Waals surface area contributed by atoms with E-state index in [1.165, 1.54) is 0 Å². The van der Waals surface area contributed by atoms with Crippen molar-refractivity contribution in [3.8, 4) is 0 Å². The summed E-state index contributed by atoms with van der Waals surface area (Å²) in [6.07, 6.45) is 2.27. The molecule has 0 N–H and O–H groups in total. The minimum Gasteiger partial charge on any atom is -0.347 e. The smallest absolute Gasteiger partial charge is 0.256 e. The Morgan fingerprint density at radius 2 is 1.83 bits per heavy atom. The first-order valence-electron chi connectivity index (χ1n) is 6.53. The van der Waals surface area contributed by atoms with E-state index in [1.807, 2.05) is 37.1 Å². The van der Waals surface area contributed by atoms with Crippen LogP contribution in [-0.2, 0) is 7.05 Å². The number of aryl methyl sites for hydroxylation is 1. The molecule has 0 saturated carbocycles. The van der Waals surface area contributed by atoms with Gasteiger partial charge in [-0.3, -0.25) is 4.79 Å². The van der Waals surface area contributed by atoms with Gasteiger partial charge in [-0.15, -0.1) is 0 Å². The van der Waals surface area contributed by atoms with E-state index in [-0.39, 0.29) is 5.91 Å². The minimum atomic E-state index is 0.196. The van der Waals surface area contributed by atoms with Crippen molar-refractivity contribution in [3.63, 3.8) is 0 Å². The van der Waals surface area contributed by atoms with E-state index in [1.54, 1.807) is 0 Å². The molecule has 3 rings (SSSR count). The second-order valence-corrected chi connectivity index (χ2v) is 5.04. The number of hydrogen-bond acceptors (Lipinski definition) is 1. The van der Waals surface area contributed by atoms with Gasteiger partial charge in [0.15, 0.2) is 0 Å². The lowest BCUT2D eigenvalue weighted by atomic mass is 10.1. The molecule has 0 aliphatic carbocycles. The first kappa shape index (κ1) is 11.3. The normalized spacial score (nSPS) is 15.6. The standard InChI is InChI=1S/C15H18N2O/c1-11-14(15(18)17-9-5-6-10-17)12-7-3-4-8-13(12)16(11)2/h3-4,7-8H,5-6,9-10H2,1-2H3. The molecule has 1 aliphatic rings. The molecule has 18 heavy (non-hydrogen) atoms. The van der Waals surface area contributed by atoms with E-state index in [0.29, 0.717) is 0 Å². The monoisotopic (exact) mass is 242 g/mol. The van der Waals surface area contributed by atoms with Crippen LogP contribution in [0.4, 0.5) is 0 Å². The molecule has 0 radical (unpaired) electrons. The molecule has 0 atom stereocenters. The number of nitrogens with zero attached hydrogens (tertiary/aromatic N) is 2. The fraction of sp³-hybridized carbons (Fsp3) is 0.400. The van der Waals surface area contributed by atoms with E-state index in [9.17, 15) is 4.79 Å². The average Bonchev–Trinajstić information content (AvgIpc) is 2.99.